The molecule has 2 aromatic rings. The molecule has 2 N–H and O–H groups in total. The maximum Gasteiger partial charge on any atom is 0.123 e. The normalized spacial score (nSPS) is 13.1. The van der Waals surface area contributed by atoms with E-state index in [4.69, 9.17) is 0 Å². The topological polar surface area (TPSA) is 40.5 Å². The smallest absolute Gasteiger partial charge is 0.123 e. The van der Waals surface area contributed by atoms with Crippen molar-refractivity contribution in [1.29, 1.82) is 0 Å². The number of phenolic OH excluding ortho intramolecular Hbond substituents is 2. The lowest BCUT2D eigenvalue weighted by molar-refractivity contribution is 0.421. The summed E-state index contributed by atoms with van der Waals surface area (Å²) in [6.45, 7) is 17.2. The number of benzene rings is 2. The third-order valence-corrected chi connectivity index (χ3v) is 5.04. The number of phenols is 2. The fraction of sp³-hybridized carbons (Fsp3) is 0.478. The van der Waals surface area contributed by atoms with Gasteiger partial charge in [0, 0.05) is 5.41 Å². The van der Waals surface area contributed by atoms with Gasteiger partial charge < -0.3 is 10.2 Å². The summed E-state index contributed by atoms with van der Waals surface area (Å²) in [5.74, 6) is 0.682. The van der Waals surface area contributed by atoms with Crippen molar-refractivity contribution in [3.05, 3.63) is 58.7 Å². The van der Waals surface area contributed by atoms with Crippen molar-refractivity contribution >= 4 is 0 Å². The van der Waals surface area contributed by atoms with E-state index in [1.54, 1.807) is 12.1 Å². The lowest BCUT2D eigenvalue weighted by Crippen LogP contribution is -2.23. The van der Waals surface area contributed by atoms with Crippen molar-refractivity contribution in [2.75, 3.05) is 0 Å². The zero-order chi connectivity index (χ0) is 19.2. The molecule has 0 aliphatic heterocycles. The average molecular weight is 341 g/mol. The first-order chi connectivity index (χ1) is 11.2. The Labute approximate surface area is 152 Å². The van der Waals surface area contributed by atoms with Crippen LogP contribution in [-0.2, 0) is 16.2 Å². The average Bonchev–Trinajstić information content (AvgIpc) is 2.45. The van der Waals surface area contributed by atoms with E-state index in [2.05, 4.69) is 67.5 Å². The van der Waals surface area contributed by atoms with E-state index in [1.165, 1.54) is 5.56 Å². The third-order valence-electron chi connectivity index (χ3n) is 5.04. The Balaban J connectivity index is 2.74. The van der Waals surface area contributed by atoms with Crippen molar-refractivity contribution in [3.63, 3.8) is 0 Å². The Hall–Kier alpha value is -1.96. The summed E-state index contributed by atoms with van der Waals surface area (Å²) >= 11 is 0. The molecule has 0 amide bonds. The standard InChI is InChI=1S/C23H32O2/c1-21(2,3)18-13-16(14-19(20(18)25)22(4,5)6)23(7,8)15-9-11-17(24)12-10-15/h9-14,24-25H,1-8H3. The highest BCUT2D eigenvalue weighted by molar-refractivity contribution is 5.53. The first kappa shape index (κ1) is 19.4. The summed E-state index contributed by atoms with van der Waals surface area (Å²) in [6, 6.07) is 11.7. The van der Waals surface area contributed by atoms with Crippen LogP contribution in [0.4, 0.5) is 0 Å². The molecule has 2 nitrogen and oxygen atoms in total. The molecule has 0 aliphatic rings. The monoisotopic (exact) mass is 340 g/mol. The minimum atomic E-state index is -0.235. The van der Waals surface area contributed by atoms with Gasteiger partial charge in [0.15, 0.2) is 0 Å². The fourth-order valence-corrected chi connectivity index (χ4v) is 3.18. The van der Waals surface area contributed by atoms with Gasteiger partial charge in [0.1, 0.15) is 11.5 Å². The highest BCUT2D eigenvalue weighted by Gasteiger charge is 2.31. The Morgan fingerprint density at radius 2 is 1.00 bits per heavy atom. The van der Waals surface area contributed by atoms with Crippen molar-refractivity contribution in [1.82, 2.24) is 0 Å². The fourth-order valence-electron chi connectivity index (χ4n) is 3.18. The van der Waals surface area contributed by atoms with Gasteiger partial charge in [0.2, 0.25) is 0 Å². The van der Waals surface area contributed by atoms with E-state index in [0.717, 1.165) is 16.7 Å². The van der Waals surface area contributed by atoms with E-state index < -0.39 is 0 Å². The Bertz CT molecular complexity index is 719. The molecule has 25 heavy (non-hydrogen) atoms. The molecule has 2 heteroatoms. The number of rotatable bonds is 2. The van der Waals surface area contributed by atoms with Crippen LogP contribution in [0.3, 0.4) is 0 Å². The first-order valence-electron chi connectivity index (χ1n) is 8.92. The quantitative estimate of drug-likeness (QED) is 0.702. The molecule has 2 aromatic carbocycles. The number of aromatic hydroxyl groups is 2. The molecule has 0 spiro atoms. The molecule has 0 saturated carbocycles. The minimum absolute atomic E-state index is 0.148. The lowest BCUT2D eigenvalue weighted by Gasteiger charge is -2.33. The molecule has 0 bridgehead atoms. The van der Waals surface area contributed by atoms with Crippen LogP contribution in [0.15, 0.2) is 36.4 Å². The Morgan fingerprint density at radius 1 is 0.600 bits per heavy atom. The first-order valence-corrected chi connectivity index (χ1v) is 8.92. The van der Waals surface area contributed by atoms with Crippen LogP contribution in [0.1, 0.15) is 77.6 Å². The predicted octanol–water partition coefficient (Wildman–Crippen LogP) is 6.02. The lowest BCUT2D eigenvalue weighted by atomic mass is 9.72. The van der Waals surface area contributed by atoms with E-state index >= 15 is 0 Å². The minimum Gasteiger partial charge on any atom is -0.508 e. The molecule has 0 saturated heterocycles. The van der Waals surface area contributed by atoms with E-state index in [0.29, 0.717) is 5.75 Å². The highest BCUT2D eigenvalue weighted by Crippen LogP contribution is 2.43. The third kappa shape index (κ3) is 3.84. The van der Waals surface area contributed by atoms with Crippen LogP contribution in [-0.4, -0.2) is 10.2 Å². The largest absolute Gasteiger partial charge is 0.508 e. The molecule has 0 aromatic heterocycles. The van der Waals surface area contributed by atoms with Gasteiger partial charge in [0.25, 0.3) is 0 Å². The van der Waals surface area contributed by atoms with Crippen molar-refractivity contribution in [2.24, 2.45) is 0 Å². The van der Waals surface area contributed by atoms with Crippen molar-refractivity contribution < 1.29 is 10.2 Å². The Kier molecular flexibility index (Phi) is 4.71. The molecule has 0 unspecified atom stereocenters. The molecule has 2 rings (SSSR count). The van der Waals surface area contributed by atoms with Gasteiger partial charge in [-0.2, -0.15) is 0 Å². The number of hydrogen-bond donors (Lipinski definition) is 2. The van der Waals surface area contributed by atoms with Gasteiger partial charge >= 0.3 is 0 Å². The maximum absolute atomic E-state index is 10.9. The molecule has 0 heterocycles. The van der Waals surface area contributed by atoms with Crippen LogP contribution >= 0.6 is 0 Å². The Morgan fingerprint density at radius 3 is 1.36 bits per heavy atom. The summed E-state index contributed by atoms with van der Waals surface area (Å²) in [6.07, 6.45) is 0. The van der Waals surface area contributed by atoms with Crippen LogP contribution in [0.5, 0.6) is 11.5 Å². The van der Waals surface area contributed by atoms with Crippen molar-refractivity contribution in [2.45, 2.75) is 71.6 Å². The molecule has 0 radical (unpaired) electrons. The van der Waals surface area contributed by atoms with E-state index in [-0.39, 0.29) is 22.0 Å². The van der Waals surface area contributed by atoms with Crippen LogP contribution in [0, 0.1) is 0 Å². The van der Waals surface area contributed by atoms with Gasteiger partial charge in [-0.3, -0.25) is 0 Å². The van der Waals surface area contributed by atoms with Crippen LogP contribution < -0.4 is 0 Å². The second-order valence-corrected chi connectivity index (χ2v) is 9.59. The summed E-state index contributed by atoms with van der Waals surface area (Å²) < 4.78 is 0. The van der Waals surface area contributed by atoms with Gasteiger partial charge in [0.05, 0.1) is 0 Å². The predicted molar refractivity (Wildman–Crippen MR) is 106 cm³/mol. The van der Waals surface area contributed by atoms with Gasteiger partial charge in [-0.15, -0.1) is 0 Å². The van der Waals surface area contributed by atoms with Gasteiger partial charge in [-0.05, 0) is 45.2 Å². The van der Waals surface area contributed by atoms with E-state index in [1.807, 2.05) is 12.1 Å². The molecule has 0 atom stereocenters. The number of hydrogen-bond acceptors (Lipinski definition) is 2. The SMILES string of the molecule is CC(C)(C)c1cc(C(C)(C)c2ccc(O)cc2)cc(C(C)(C)C)c1O. The summed E-state index contributed by atoms with van der Waals surface area (Å²) in [7, 11) is 0. The summed E-state index contributed by atoms with van der Waals surface area (Å²) in [5, 5.41) is 20.5. The second-order valence-electron chi connectivity index (χ2n) is 9.59. The molecular formula is C23H32O2. The summed E-state index contributed by atoms with van der Waals surface area (Å²) in [5.41, 5.74) is 3.72. The van der Waals surface area contributed by atoms with Gasteiger partial charge in [-0.25, -0.2) is 0 Å². The molecular weight excluding hydrogens is 308 g/mol. The molecule has 136 valence electrons. The van der Waals surface area contributed by atoms with Gasteiger partial charge in [-0.1, -0.05) is 79.7 Å². The molecule has 0 aliphatic carbocycles. The second kappa shape index (κ2) is 6.09. The maximum atomic E-state index is 10.9. The zero-order valence-corrected chi connectivity index (χ0v) is 16.9. The van der Waals surface area contributed by atoms with Crippen LogP contribution in [0.2, 0.25) is 0 Å². The van der Waals surface area contributed by atoms with E-state index in [9.17, 15) is 10.2 Å². The van der Waals surface area contributed by atoms with Crippen molar-refractivity contribution in [3.8, 4) is 11.5 Å². The van der Waals surface area contributed by atoms with Crippen LogP contribution in [0.25, 0.3) is 0 Å². The highest BCUT2D eigenvalue weighted by atomic mass is 16.3. The molecule has 0 fully saturated rings. The zero-order valence-electron chi connectivity index (χ0n) is 16.9. The summed E-state index contributed by atoms with van der Waals surface area (Å²) in [4.78, 5) is 0.